The molecule has 1 aromatic carbocycles. The Balaban J connectivity index is 2.95. The van der Waals surface area contributed by atoms with Gasteiger partial charge in [0.15, 0.2) is 0 Å². The fourth-order valence-electron chi connectivity index (χ4n) is 1.64. The minimum Gasteiger partial charge on any atom is -0.377 e. The van der Waals surface area contributed by atoms with Crippen molar-refractivity contribution >= 4 is 11.6 Å². The highest BCUT2D eigenvalue weighted by molar-refractivity contribution is 5.75. The van der Waals surface area contributed by atoms with Crippen molar-refractivity contribution in [1.82, 2.24) is 0 Å². The summed E-state index contributed by atoms with van der Waals surface area (Å²) in [6, 6.07) is 2.16. The molecule has 0 radical (unpaired) electrons. The molecule has 1 rings (SSSR count). The normalized spacial score (nSPS) is 12.3. The molecule has 0 aliphatic carbocycles. The number of rotatable bonds is 4. The number of halogens is 4. The van der Waals surface area contributed by atoms with Gasteiger partial charge in [0.05, 0.1) is 11.3 Å². The monoisotopic (exact) mass is 278 g/mol. The lowest BCUT2D eigenvalue weighted by atomic mass is 9.99. The predicted molar refractivity (Wildman–Crippen MR) is 62.9 cm³/mol. The van der Waals surface area contributed by atoms with Crippen LogP contribution in [0.15, 0.2) is 18.2 Å². The zero-order valence-electron chi connectivity index (χ0n) is 10.4. The van der Waals surface area contributed by atoms with Crippen LogP contribution in [0.3, 0.4) is 0 Å². The van der Waals surface area contributed by atoms with Crippen LogP contribution in [0.4, 0.5) is 23.2 Å². The fraction of sp³-hybridized carbons (Fsp3) is 0.417. The number of anilines is 1. The van der Waals surface area contributed by atoms with Gasteiger partial charge in [-0.2, -0.15) is 13.2 Å². The zero-order chi connectivity index (χ0) is 14.8. The Labute approximate surface area is 107 Å². The molecule has 19 heavy (non-hydrogen) atoms. The van der Waals surface area contributed by atoms with E-state index in [1.807, 2.05) is 0 Å². The first kappa shape index (κ1) is 15.3. The minimum atomic E-state index is -4.60. The van der Waals surface area contributed by atoms with Gasteiger partial charge in [0.25, 0.3) is 0 Å². The van der Waals surface area contributed by atoms with E-state index in [-0.39, 0.29) is 12.1 Å². The first-order valence-electron chi connectivity index (χ1n) is 5.44. The molecule has 0 spiro atoms. The van der Waals surface area contributed by atoms with Gasteiger partial charge >= 0.3 is 6.18 Å². The maximum atomic E-state index is 13.6. The topological polar surface area (TPSA) is 55.1 Å². The Bertz CT molecular complexity index is 483. The molecule has 0 bridgehead atoms. The van der Waals surface area contributed by atoms with E-state index in [2.05, 4.69) is 5.32 Å². The largest absolute Gasteiger partial charge is 0.416 e. The van der Waals surface area contributed by atoms with E-state index in [1.54, 1.807) is 13.8 Å². The van der Waals surface area contributed by atoms with Crippen LogP contribution in [0, 0.1) is 5.82 Å². The van der Waals surface area contributed by atoms with Crippen LogP contribution in [-0.2, 0) is 11.0 Å². The van der Waals surface area contributed by atoms with Gasteiger partial charge in [-0.15, -0.1) is 0 Å². The average molecular weight is 278 g/mol. The van der Waals surface area contributed by atoms with E-state index in [0.717, 1.165) is 12.1 Å². The van der Waals surface area contributed by atoms with E-state index >= 15 is 0 Å². The molecule has 0 aliphatic rings. The van der Waals surface area contributed by atoms with Crippen LogP contribution in [0.5, 0.6) is 0 Å². The summed E-state index contributed by atoms with van der Waals surface area (Å²) in [5.41, 5.74) is 3.00. The third-order valence-corrected chi connectivity index (χ3v) is 2.39. The van der Waals surface area contributed by atoms with Gasteiger partial charge in [0.1, 0.15) is 5.82 Å². The van der Waals surface area contributed by atoms with E-state index < -0.39 is 29.0 Å². The highest BCUT2D eigenvalue weighted by Crippen LogP contribution is 2.32. The maximum Gasteiger partial charge on any atom is 0.416 e. The fourth-order valence-corrected chi connectivity index (χ4v) is 1.64. The van der Waals surface area contributed by atoms with Crippen molar-refractivity contribution in [2.75, 3.05) is 5.32 Å². The van der Waals surface area contributed by atoms with Gasteiger partial charge in [-0.1, -0.05) is 0 Å². The Hall–Kier alpha value is -1.79. The second-order valence-electron chi connectivity index (χ2n) is 4.84. The van der Waals surface area contributed by atoms with E-state index in [9.17, 15) is 22.4 Å². The molecule has 1 amide bonds. The van der Waals surface area contributed by atoms with Gasteiger partial charge in [0.2, 0.25) is 5.91 Å². The third-order valence-electron chi connectivity index (χ3n) is 2.39. The van der Waals surface area contributed by atoms with Crippen molar-refractivity contribution in [3.05, 3.63) is 29.6 Å². The van der Waals surface area contributed by atoms with Gasteiger partial charge in [-0.3, -0.25) is 4.79 Å². The molecule has 0 aliphatic heterocycles. The molecule has 106 valence electrons. The third kappa shape index (κ3) is 4.42. The number of alkyl halides is 3. The Kier molecular flexibility index (Phi) is 4.07. The molecular formula is C12H14F4N2O. The lowest BCUT2D eigenvalue weighted by molar-refractivity contribution is -0.137. The summed E-state index contributed by atoms with van der Waals surface area (Å²) in [6.45, 7) is 3.18. The zero-order valence-corrected chi connectivity index (χ0v) is 10.4. The van der Waals surface area contributed by atoms with Gasteiger partial charge in [-0.25, -0.2) is 4.39 Å². The van der Waals surface area contributed by atoms with Crippen LogP contribution < -0.4 is 11.1 Å². The summed E-state index contributed by atoms with van der Waals surface area (Å²) in [7, 11) is 0. The van der Waals surface area contributed by atoms with Crippen LogP contribution in [0.1, 0.15) is 25.8 Å². The molecule has 0 heterocycles. The minimum absolute atomic E-state index is 0.0759. The van der Waals surface area contributed by atoms with Crippen molar-refractivity contribution in [2.45, 2.75) is 32.0 Å². The van der Waals surface area contributed by atoms with Crippen molar-refractivity contribution in [1.29, 1.82) is 0 Å². The van der Waals surface area contributed by atoms with Gasteiger partial charge in [-0.05, 0) is 32.0 Å². The number of nitrogens with one attached hydrogen (secondary N) is 1. The lowest BCUT2D eigenvalue weighted by Gasteiger charge is -2.26. The molecule has 0 aromatic heterocycles. The Morgan fingerprint density at radius 3 is 2.32 bits per heavy atom. The lowest BCUT2D eigenvalue weighted by Crippen LogP contribution is -2.36. The molecule has 3 N–H and O–H groups in total. The standard InChI is InChI=1S/C12H14F4N2O/c1-11(2,6-10(17)19)18-9-4-3-7(5-8(9)13)12(14,15)16/h3-5,18H,6H2,1-2H3,(H2,17,19). The Morgan fingerprint density at radius 2 is 1.89 bits per heavy atom. The first-order chi connectivity index (χ1) is 8.51. The van der Waals surface area contributed by atoms with E-state index in [4.69, 9.17) is 5.73 Å². The second-order valence-corrected chi connectivity index (χ2v) is 4.84. The number of hydrogen-bond donors (Lipinski definition) is 2. The smallest absolute Gasteiger partial charge is 0.377 e. The summed E-state index contributed by atoms with van der Waals surface area (Å²) in [6.07, 6.45) is -4.67. The summed E-state index contributed by atoms with van der Waals surface area (Å²) in [5.74, 6) is -1.63. The molecule has 0 saturated heterocycles. The molecular weight excluding hydrogens is 264 g/mol. The highest BCUT2D eigenvalue weighted by Gasteiger charge is 2.31. The summed E-state index contributed by atoms with van der Waals surface area (Å²) < 4.78 is 50.7. The molecule has 0 unspecified atom stereocenters. The number of nitrogens with two attached hydrogens (primary N) is 1. The number of amides is 1. The summed E-state index contributed by atoms with van der Waals surface area (Å²) >= 11 is 0. The maximum absolute atomic E-state index is 13.6. The van der Waals surface area contributed by atoms with Crippen LogP contribution in [0.2, 0.25) is 0 Å². The average Bonchev–Trinajstić information content (AvgIpc) is 2.16. The Morgan fingerprint density at radius 1 is 1.32 bits per heavy atom. The number of benzene rings is 1. The summed E-state index contributed by atoms with van der Waals surface area (Å²) in [4.78, 5) is 10.8. The van der Waals surface area contributed by atoms with Crippen molar-refractivity contribution < 1.29 is 22.4 Å². The molecule has 7 heteroatoms. The quantitative estimate of drug-likeness (QED) is 0.832. The van der Waals surface area contributed by atoms with Crippen LogP contribution >= 0.6 is 0 Å². The molecule has 0 atom stereocenters. The number of carbonyl (C=O) groups excluding carboxylic acids is 1. The van der Waals surface area contributed by atoms with E-state index in [0.29, 0.717) is 6.07 Å². The number of hydrogen-bond acceptors (Lipinski definition) is 2. The molecule has 1 aromatic rings. The van der Waals surface area contributed by atoms with Gasteiger partial charge < -0.3 is 11.1 Å². The predicted octanol–water partition coefficient (Wildman–Crippen LogP) is 2.91. The second kappa shape index (κ2) is 5.07. The first-order valence-corrected chi connectivity index (χ1v) is 5.44. The van der Waals surface area contributed by atoms with Crippen LogP contribution in [-0.4, -0.2) is 11.4 Å². The van der Waals surface area contributed by atoms with Crippen molar-refractivity contribution in [3.8, 4) is 0 Å². The summed E-state index contributed by atoms with van der Waals surface area (Å²) in [5, 5.41) is 2.65. The molecule has 0 fully saturated rings. The SMILES string of the molecule is CC(C)(CC(N)=O)Nc1ccc(C(F)(F)F)cc1F. The molecule has 3 nitrogen and oxygen atoms in total. The van der Waals surface area contributed by atoms with Crippen LogP contribution in [0.25, 0.3) is 0 Å². The van der Waals surface area contributed by atoms with E-state index in [1.165, 1.54) is 0 Å². The number of primary amides is 1. The van der Waals surface area contributed by atoms with Crippen molar-refractivity contribution in [3.63, 3.8) is 0 Å². The van der Waals surface area contributed by atoms with Crippen molar-refractivity contribution in [2.24, 2.45) is 5.73 Å². The van der Waals surface area contributed by atoms with Gasteiger partial charge in [0, 0.05) is 12.0 Å². The molecule has 0 saturated carbocycles. The number of carbonyl (C=O) groups is 1. The highest BCUT2D eigenvalue weighted by atomic mass is 19.4.